The zero-order valence-corrected chi connectivity index (χ0v) is 53.6. The Balaban J connectivity index is 0.000000138. The van der Waals surface area contributed by atoms with E-state index in [0.717, 1.165) is 177 Å². The molecule has 15 nitrogen and oxygen atoms in total. The van der Waals surface area contributed by atoms with Crippen molar-refractivity contribution >= 4 is 41.1 Å². The van der Waals surface area contributed by atoms with Crippen LogP contribution in [0, 0.1) is 29.3 Å². The number of rotatable bonds is 10. The first-order valence-electron chi connectivity index (χ1n) is 33.8. The van der Waals surface area contributed by atoms with Crippen LogP contribution in [-0.2, 0) is 40.0 Å². The summed E-state index contributed by atoms with van der Waals surface area (Å²) in [5.41, 5.74) is 6.05. The fourth-order valence-electron chi connectivity index (χ4n) is 17.6. The highest BCUT2D eigenvalue weighted by Gasteiger charge is 2.52. The minimum Gasteiger partial charge on any atom is -0.450 e. The maximum absolute atomic E-state index is 14.2. The SMILES string of the molecule is CC(=O)N1CC2(CCN(CC3CCCCC3)CC2)c2cc(F)ccc21.CCOC(=O)N1C2CCC1CC(N1CCC3(CC1)CN(C(=O)C(C)C)c1ccc(F)cc13)C2.CCOC(=O)N1CCC(N2CCC3(CC2)CN(CCOC)c2ccc(F)cc23)CC1. The zero-order valence-electron chi connectivity index (χ0n) is 53.6. The molecule has 1 aliphatic carbocycles. The molecule has 3 spiro atoms. The van der Waals surface area contributed by atoms with Gasteiger partial charge in [0.2, 0.25) is 11.8 Å². The van der Waals surface area contributed by atoms with E-state index in [4.69, 9.17) is 14.2 Å². The molecule has 0 radical (unpaired) electrons. The summed E-state index contributed by atoms with van der Waals surface area (Å²) >= 11 is 0. The average molecular weight is 1220 g/mol. The van der Waals surface area contributed by atoms with E-state index in [9.17, 15) is 32.3 Å². The van der Waals surface area contributed by atoms with Crippen molar-refractivity contribution in [2.24, 2.45) is 11.8 Å². The number of hydrogen-bond acceptors (Lipinski definition) is 11. The van der Waals surface area contributed by atoms with Gasteiger partial charge in [-0.2, -0.15) is 0 Å². The maximum atomic E-state index is 14.2. The Hall–Kier alpha value is -5.43. The van der Waals surface area contributed by atoms with Gasteiger partial charge in [-0.1, -0.05) is 33.1 Å². The van der Waals surface area contributed by atoms with Crippen molar-refractivity contribution in [3.8, 4) is 0 Å². The smallest absolute Gasteiger partial charge is 0.410 e. The molecule has 0 aromatic heterocycles. The summed E-state index contributed by atoms with van der Waals surface area (Å²) < 4.78 is 58.0. The van der Waals surface area contributed by atoms with Gasteiger partial charge < -0.3 is 53.4 Å². The number of anilines is 3. The standard InChI is InChI=1S/C26H36FN3O3.C23H34FN3O3.C21H29FN2O/c1-4-33-25(32)30-19-6-7-20(30)15-21(14-19)28-11-9-26(10-12-28)16-29(24(31)17(2)3)23-8-5-18(27)13-22(23)26;1-3-30-22(28)26-10-6-19(7-11-26)25-12-8-23(9-13-25)17-27(14-15-29-2)21-5-4-18(24)16-20(21)23;1-16(25)24-15-21(19-13-18(22)7-8-20(19)24)9-11-23(12-10-21)14-17-5-3-2-4-6-17/h5,8,13,17,19-21H,4,6-7,9-12,14-16H2,1-3H3;4-5,16,19H,3,6-15,17H2,1-2H3;7-8,13,17H,2-6,9-12,14-15H2,1H3. The lowest BCUT2D eigenvalue weighted by atomic mass is 9.73. The molecule has 2 atom stereocenters. The highest BCUT2D eigenvalue weighted by atomic mass is 19.1. The molecule has 18 heteroatoms. The summed E-state index contributed by atoms with van der Waals surface area (Å²) in [6, 6.07) is 16.7. The summed E-state index contributed by atoms with van der Waals surface area (Å²) in [7, 11) is 1.73. The molecular formula is C70H99F3N8O7. The number of nitrogens with zero attached hydrogens (tertiary/aromatic N) is 8. The van der Waals surface area contributed by atoms with Gasteiger partial charge in [0.15, 0.2) is 0 Å². The summed E-state index contributed by atoms with van der Waals surface area (Å²) in [5, 5.41) is 0. The molecule has 0 N–H and O–H groups in total. The highest BCUT2D eigenvalue weighted by molar-refractivity contribution is 5.97. The van der Waals surface area contributed by atoms with Gasteiger partial charge >= 0.3 is 12.2 Å². The largest absolute Gasteiger partial charge is 0.450 e. The monoisotopic (exact) mass is 1220 g/mol. The molecule has 88 heavy (non-hydrogen) atoms. The molecule has 9 heterocycles. The number of carbonyl (C=O) groups is 4. The normalized spacial score (nSPS) is 24.9. The molecular weight excluding hydrogens is 1120 g/mol. The number of halogens is 3. The molecule has 13 rings (SSSR count). The Morgan fingerprint density at radius 2 is 1.03 bits per heavy atom. The van der Waals surface area contributed by atoms with E-state index >= 15 is 0 Å². The topological polar surface area (TPSA) is 122 Å². The molecule has 10 aliphatic rings. The van der Waals surface area contributed by atoms with Crippen molar-refractivity contribution in [3.63, 3.8) is 0 Å². The van der Waals surface area contributed by atoms with Gasteiger partial charge in [-0.15, -0.1) is 0 Å². The maximum Gasteiger partial charge on any atom is 0.410 e. The lowest BCUT2D eigenvalue weighted by Crippen LogP contribution is -2.55. The average Bonchev–Trinajstić information content (AvgIpc) is 2.04. The summed E-state index contributed by atoms with van der Waals surface area (Å²) in [4.78, 5) is 67.1. The van der Waals surface area contributed by atoms with Gasteiger partial charge in [0, 0.05) is 123 Å². The Bertz CT molecular complexity index is 2910. The third kappa shape index (κ3) is 13.3. The lowest BCUT2D eigenvalue weighted by molar-refractivity contribution is -0.121. The van der Waals surface area contributed by atoms with E-state index < -0.39 is 0 Å². The number of carbonyl (C=O) groups excluding carboxylic acids is 4. The summed E-state index contributed by atoms with van der Waals surface area (Å²) in [6.07, 6.45) is 18.8. The molecule has 482 valence electrons. The second kappa shape index (κ2) is 27.6. The molecule has 3 aromatic rings. The number of benzene rings is 3. The van der Waals surface area contributed by atoms with Crippen LogP contribution in [-0.4, -0.2) is 185 Å². The van der Waals surface area contributed by atoms with Crippen LogP contribution in [0.25, 0.3) is 0 Å². The fraction of sp³-hybridized carbons (Fsp3) is 0.686. The van der Waals surface area contributed by atoms with Gasteiger partial charge in [-0.3, -0.25) is 9.59 Å². The number of piperidine rings is 5. The summed E-state index contributed by atoms with van der Waals surface area (Å²) in [6.45, 7) is 22.7. The van der Waals surface area contributed by atoms with Crippen LogP contribution in [0.4, 0.5) is 39.8 Å². The van der Waals surface area contributed by atoms with E-state index in [2.05, 4.69) is 19.6 Å². The highest BCUT2D eigenvalue weighted by Crippen LogP contribution is 2.51. The first-order valence-corrected chi connectivity index (χ1v) is 33.8. The van der Waals surface area contributed by atoms with Crippen molar-refractivity contribution in [1.29, 1.82) is 0 Å². The second-order valence-corrected chi connectivity index (χ2v) is 27.8. The van der Waals surface area contributed by atoms with E-state index in [1.165, 1.54) is 62.0 Å². The van der Waals surface area contributed by atoms with E-state index in [1.54, 1.807) is 50.4 Å². The Morgan fingerprint density at radius 1 is 0.557 bits per heavy atom. The number of likely N-dealkylation sites (tertiary alicyclic amines) is 4. The number of amides is 4. The Labute approximate surface area is 521 Å². The quantitative estimate of drug-likeness (QED) is 0.193. The van der Waals surface area contributed by atoms with Crippen molar-refractivity contribution in [3.05, 3.63) is 88.7 Å². The van der Waals surface area contributed by atoms with Crippen LogP contribution in [0.1, 0.15) is 160 Å². The van der Waals surface area contributed by atoms with Gasteiger partial charge in [0.1, 0.15) is 17.5 Å². The molecule has 2 bridgehead atoms. The number of fused-ring (bicyclic) bond motifs is 8. The fourth-order valence-corrected chi connectivity index (χ4v) is 17.6. The van der Waals surface area contributed by atoms with Crippen molar-refractivity contribution < 1.29 is 46.6 Å². The van der Waals surface area contributed by atoms with Gasteiger partial charge in [-0.05, 0) is 220 Å². The third-order valence-electron chi connectivity index (χ3n) is 22.4. The van der Waals surface area contributed by atoms with Crippen LogP contribution in [0.3, 0.4) is 0 Å². The first kappa shape index (κ1) is 64.1. The van der Waals surface area contributed by atoms with Crippen LogP contribution in [0.2, 0.25) is 0 Å². The number of hydrogen-bond donors (Lipinski definition) is 0. The van der Waals surface area contributed by atoms with E-state index in [-0.39, 0.29) is 75.7 Å². The molecule has 7 fully saturated rings. The minimum absolute atomic E-state index is 0.0350. The van der Waals surface area contributed by atoms with E-state index in [0.29, 0.717) is 38.4 Å². The number of ether oxygens (including phenoxy) is 3. The minimum atomic E-state index is -0.225. The van der Waals surface area contributed by atoms with Crippen molar-refractivity contribution in [2.75, 3.05) is 127 Å². The zero-order chi connectivity index (χ0) is 61.9. The van der Waals surface area contributed by atoms with Gasteiger partial charge in [0.05, 0.1) is 19.8 Å². The third-order valence-corrected chi connectivity index (χ3v) is 22.4. The van der Waals surface area contributed by atoms with Crippen molar-refractivity contribution in [2.45, 2.75) is 184 Å². The van der Waals surface area contributed by atoms with Crippen LogP contribution in [0.5, 0.6) is 0 Å². The predicted octanol–water partition coefficient (Wildman–Crippen LogP) is 11.7. The van der Waals surface area contributed by atoms with E-state index in [1.807, 2.05) is 53.4 Å². The van der Waals surface area contributed by atoms with Gasteiger partial charge in [-0.25, -0.2) is 22.8 Å². The molecule has 1 saturated carbocycles. The Kier molecular flexibility index (Phi) is 20.1. The molecule has 9 aliphatic heterocycles. The van der Waals surface area contributed by atoms with Gasteiger partial charge in [0.25, 0.3) is 0 Å². The molecule has 2 unspecified atom stereocenters. The molecule has 3 aromatic carbocycles. The Morgan fingerprint density at radius 3 is 1.56 bits per heavy atom. The number of methoxy groups -OCH3 is 1. The van der Waals surface area contributed by atoms with Crippen molar-refractivity contribution in [1.82, 2.24) is 24.5 Å². The van der Waals surface area contributed by atoms with Crippen LogP contribution >= 0.6 is 0 Å². The van der Waals surface area contributed by atoms with Crippen LogP contribution < -0.4 is 14.7 Å². The molecule has 4 amide bonds. The predicted molar refractivity (Wildman–Crippen MR) is 338 cm³/mol. The summed E-state index contributed by atoms with van der Waals surface area (Å²) in [5.74, 6) is 0.406. The first-order chi connectivity index (χ1) is 42.5. The van der Waals surface area contributed by atoms with Crippen LogP contribution in [0.15, 0.2) is 54.6 Å². The molecule has 6 saturated heterocycles. The lowest BCUT2D eigenvalue weighted by Gasteiger charge is -2.47. The second-order valence-electron chi connectivity index (χ2n) is 27.8.